The Morgan fingerprint density at radius 1 is 1.05 bits per heavy atom. The Bertz CT molecular complexity index is 1280. The third-order valence-electron chi connectivity index (χ3n) is 4.81. The molecule has 10 nitrogen and oxygen atoms in total. The van der Waals surface area contributed by atoms with Crippen molar-refractivity contribution in [3.63, 3.8) is 0 Å². The van der Waals surface area contributed by atoms with E-state index in [0.29, 0.717) is 28.3 Å². The van der Waals surface area contributed by atoms with Gasteiger partial charge in [-0.25, -0.2) is 4.79 Å². The molecule has 0 spiro atoms. The molecule has 0 unspecified atom stereocenters. The lowest BCUT2D eigenvalue weighted by molar-refractivity contribution is -0.139. The molecule has 0 aliphatic carbocycles. The number of amides is 3. The number of thioether (sulfide) groups is 1. The Kier molecular flexibility index (Phi) is 8.32. The largest absolute Gasteiger partial charge is 0.495 e. The molecule has 0 bridgehead atoms. The number of carboxylic acids is 1. The molecule has 1 aliphatic rings. The molecular formula is C23H19F3N2O8S. The van der Waals surface area contributed by atoms with Crippen LogP contribution in [0.3, 0.4) is 0 Å². The first-order chi connectivity index (χ1) is 17.4. The van der Waals surface area contributed by atoms with Gasteiger partial charge in [0.05, 0.1) is 30.4 Å². The van der Waals surface area contributed by atoms with Crippen molar-refractivity contribution in [2.24, 2.45) is 0 Å². The van der Waals surface area contributed by atoms with E-state index in [1.54, 1.807) is 0 Å². The predicted molar refractivity (Wildman–Crippen MR) is 125 cm³/mol. The fourth-order valence-electron chi connectivity index (χ4n) is 3.14. The van der Waals surface area contributed by atoms with E-state index in [9.17, 15) is 32.3 Å². The Labute approximate surface area is 212 Å². The average molecular weight is 540 g/mol. The first-order valence-corrected chi connectivity index (χ1v) is 11.1. The van der Waals surface area contributed by atoms with Crippen LogP contribution < -0.4 is 19.5 Å². The molecule has 1 aliphatic heterocycles. The van der Waals surface area contributed by atoms with Crippen LogP contribution in [-0.2, 0) is 20.6 Å². The predicted octanol–water partition coefficient (Wildman–Crippen LogP) is 3.86. The second kappa shape index (κ2) is 11.2. The minimum atomic E-state index is -4.66. The molecule has 0 radical (unpaired) electrons. The smallest absolute Gasteiger partial charge is 0.416 e. The van der Waals surface area contributed by atoms with Gasteiger partial charge in [0.25, 0.3) is 11.1 Å². The fourth-order valence-corrected chi connectivity index (χ4v) is 3.97. The van der Waals surface area contributed by atoms with E-state index in [-0.39, 0.29) is 27.8 Å². The fraction of sp³-hybridized carbons (Fsp3) is 0.217. The summed E-state index contributed by atoms with van der Waals surface area (Å²) in [5.41, 5.74) is -0.877. The number of anilines is 1. The summed E-state index contributed by atoms with van der Waals surface area (Å²) in [6.07, 6.45) is -3.30. The monoisotopic (exact) mass is 540 g/mol. The number of ether oxygens (including phenoxy) is 3. The summed E-state index contributed by atoms with van der Waals surface area (Å²) < 4.78 is 54.3. The van der Waals surface area contributed by atoms with E-state index >= 15 is 0 Å². The molecule has 3 rings (SSSR count). The molecule has 1 heterocycles. The van der Waals surface area contributed by atoms with Gasteiger partial charge in [-0.15, -0.1) is 0 Å². The van der Waals surface area contributed by atoms with Gasteiger partial charge in [0, 0.05) is 0 Å². The number of aliphatic carboxylic acids is 1. The first-order valence-electron chi connectivity index (χ1n) is 10.3. The second-order valence-corrected chi connectivity index (χ2v) is 8.31. The number of carboxylic acid groups (broad SMARTS) is 1. The third kappa shape index (κ3) is 6.73. The number of carbonyl (C=O) groups excluding carboxylic acids is 3. The molecule has 0 atom stereocenters. The summed E-state index contributed by atoms with van der Waals surface area (Å²) >= 11 is 0.566. The van der Waals surface area contributed by atoms with E-state index in [1.807, 2.05) is 0 Å². The van der Waals surface area contributed by atoms with Crippen LogP contribution in [0.25, 0.3) is 6.08 Å². The maximum absolute atomic E-state index is 13.0. The van der Waals surface area contributed by atoms with Gasteiger partial charge >= 0.3 is 12.1 Å². The van der Waals surface area contributed by atoms with Gasteiger partial charge in [-0.1, -0.05) is 6.07 Å². The zero-order valence-electron chi connectivity index (χ0n) is 19.2. The zero-order valence-corrected chi connectivity index (χ0v) is 20.1. The summed E-state index contributed by atoms with van der Waals surface area (Å²) in [6, 6.07) is 6.89. The van der Waals surface area contributed by atoms with Gasteiger partial charge in [0.15, 0.2) is 18.1 Å². The molecule has 0 saturated carbocycles. The zero-order chi connectivity index (χ0) is 27.3. The molecule has 2 N–H and O–H groups in total. The minimum absolute atomic E-state index is 0.0179. The number of nitrogens with one attached hydrogen (secondary N) is 1. The van der Waals surface area contributed by atoms with E-state index in [1.165, 1.54) is 38.5 Å². The van der Waals surface area contributed by atoms with Crippen LogP contribution in [-0.4, -0.2) is 60.4 Å². The van der Waals surface area contributed by atoms with Crippen LogP contribution in [0, 0.1) is 0 Å². The minimum Gasteiger partial charge on any atom is -0.495 e. The number of hydrogen-bond acceptors (Lipinski definition) is 8. The topological polar surface area (TPSA) is 131 Å². The quantitative estimate of drug-likeness (QED) is 0.455. The Hall–Kier alpha value is -4.20. The summed E-state index contributed by atoms with van der Waals surface area (Å²) in [4.78, 5) is 49.0. The van der Waals surface area contributed by atoms with Crippen LogP contribution in [0.15, 0.2) is 41.3 Å². The van der Waals surface area contributed by atoms with Crippen LogP contribution in [0.5, 0.6) is 17.2 Å². The number of rotatable bonds is 9. The third-order valence-corrected chi connectivity index (χ3v) is 5.72. The highest BCUT2D eigenvalue weighted by atomic mass is 32.2. The lowest BCUT2D eigenvalue weighted by Crippen LogP contribution is -2.36. The Morgan fingerprint density at radius 3 is 2.35 bits per heavy atom. The summed E-state index contributed by atoms with van der Waals surface area (Å²) in [6.45, 7) is -1.34. The van der Waals surface area contributed by atoms with Crippen molar-refractivity contribution in [1.82, 2.24) is 4.90 Å². The van der Waals surface area contributed by atoms with Gasteiger partial charge in [-0.2, -0.15) is 13.2 Å². The van der Waals surface area contributed by atoms with Crippen LogP contribution in [0.2, 0.25) is 0 Å². The van der Waals surface area contributed by atoms with Crippen LogP contribution in [0.4, 0.5) is 23.7 Å². The van der Waals surface area contributed by atoms with E-state index < -0.39 is 47.9 Å². The van der Waals surface area contributed by atoms with Crippen LogP contribution >= 0.6 is 11.8 Å². The molecule has 3 amide bonds. The van der Waals surface area contributed by atoms with Crippen molar-refractivity contribution in [3.8, 4) is 17.2 Å². The van der Waals surface area contributed by atoms with Gasteiger partial charge in [-0.05, 0) is 53.7 Å². The second-order valence-electron chi connectivity index (χ2n) is 7.32. The standard InChI is InChI=1S/C23H19F3N2O8S/c1-34-15-6-4-13(23(24,25)26)9-14(15)27-19(29)10-28-21(32)18(37-22(28)33)8-12-3-5-16(17(7-12)35-2)36-11-20(30)31/h3-9H,10-11H2,1-2H3,(H,27,29)(H,30,31)/b18-8-. The van der Waals surface area contributed by atoms with Gasteiger partial charge in [-0.3, -0.25) is 19.3 Å². The lowest BCUT2D eigenvalue weighted by atomic mass is 10.1. The Balaban J connectivity index is 1.74. The molecule has 37 heavy (non-hydrogen) atoms. The van der Waals surface area contributed by atoms with E-state index in [4.69, 9.17) is 19.3 Å². The van der Waals surface area contributed by atoms with Crippen molar-refractivity contribution in [3.05, 3.63) is 52.4 Å². The van der Waals surface area contributed by atoms with Crippen molar-refractivity contribution in [2.75, 3.05) is 32.7 Å². The lowest BCUT2D eigenvalue weighted by Gasteiger charge is -2.16. The van der Waals surface area contributed by atoms with Gasteiger partial charge in [0.1, 0.15) is 12.3 Å². The number of alkyl halides is 3. The van der Waals surface area contributed by atoms with E-state index in [2.05, 4.69) is 5.32 Å². The van der Waals surface area contributed by atoms with Crippen molar-refractivity contribution < 1.29 is 51.7 Å². The molecule has 14 heteroatoms. The average Bonchev–Trinajstić information content (AvgIpc) is 3.09. The van der Waals surface area contributed by atoms with Gasteiger partial charge < -0.3 is 24.6 Å². The highest BCUT2D eigenvalue weighted by molar-refractivity contribution is 8.18. The summed E-state index contributed by atoms with van der Waals surface area (Å²) in [5.74, 6) is -2.59. The first kappa shape index (κ1) is 27.4. The highest BCUT2D eigenvalue weighted by Crippen LogP contribution is 2.36. The Morgan fingerprint density at radius 2 is 1.73 bits per heavy atom. The van der Waals surface area contributed by atoms with Crippen molar-refractivity contribution >= 4 is 46.5 Å². The summed E-state index contributed by atoms with van der Waals surface area (Å²) in [7, 11) is 2.54. The van der Waals surface area contributed by atoms with Crippen LogP contribution in [0.1, 0.15) is 11.1 Å². The molecular weight excluding hydrogens is 521 g/mol. The molecule has 2 aromatic rings. The molecule has 1 fully saturated rings. The number of methoxy groups -OCH3 is 2. The molecule has 0 aromatic heterocycles. The molecule has 1 saturated heterocycles. The number of benzene rings is 2. The van der Waals surface area contributed by atoms with E-state index in [0.717, 1.165) is 12.1 Å². The number of hydrogen-bond donors (Lipinski definition) is 2. The number of halogens is 3. The summed E-state index contributed by atoms with van der Waals surface area (Å²) in [5, 5.41) is 10.2. The SMILES string of the molecule is COc1ccc(C(F)(F)F)cc1NC(=O)CN1C(=O)S/C(=C\c2ccc(OCC(=O)O)c(OC)c2)C1=O. The molecule has 2 aromatic carbocycles. The van der Waals surface area contributed by atoms with Gasteiger partial charge in [0.2, 0.25) is 5.91 Å². The maximum atomic E-state index is 13.0. The van der Waals surface area contributed by atoms with Crippen molar-refractivity contribution in [1.29, 1.82) is 0 Å². The molecule has 196 valence electrons. The van der Waals surface area contributed by atoms with Crippen molar-refractivity contribution in [2.45, 2.75) is 6.18 Å². The maximum Gasteiger partial charge on any atom is 0.416 e. The highest BCUT2D eigenvalue weighted by Gasteiger charge is 2.37. The number of nitrogens with zero attached hydrogens (tertiary/aromatic N) is 1. The number of carbonyl (C=O) groups is 4. The number of imide groups is 1. The normalized spacial score (nSPS) is 14.6.